The van der Waals surface area contributed by atoms with Gasteiger partial charge in [0.05, 0.1) is 28.0 Å². The summed E-state index contributed by atoms with van der Waals surface area (Å²) in [6, 6.07) is 21.9. The third kappa shape index (κ3) is 5.52. The second-order valence-electron chi connectivity index (χ2n) is 10.1. The average molecular weight is 582 g/mol. The van der Waals surface area contributed by atoms with Crippen LogP contribution < -0.4 is 14.4 Å². The average Bonchev–Trinajstić information content (AvgIpc) is 3.59. The first-order chi connectivity index (χ1) is 20.4. The fourth-order valence-corrected chi connectivity index (χ4v) is 5.01. The van der Waals surface area contributed by atoms with Crippen LogP contribution >= 0.6 is 11.6 Å². The molecule has 0 aliphatic carbocycles. The number of pyridine rings is 1. The lowest BCUT2D eigenvalue weighted by molar-refractivity contribution is 0.0985. The Kier molecular flexibility index (Phi) is 7.52. The fourth-order valence-electron chi connectivity index (χ4n) is 4.83. The number of likely N-dealkylation sites (N-methyl/N-ethyl adjacent to an activating group) is 1. The van der Waals surface area contributed by atoms with E-state index < -0.39 is 0 Å². The number of aliphatic imine (C=N–C) groups is 1. The minimum Gasteiger partial charge on any atom is -0.494 e. The van der Waals surface area contributed by atoms with Crippen molar-refractivity contribution in [2.45, 2.75) is 0 Å². The molecule has 6 rings (SSSR count). The van der Waals surface area contributed by atoms with E-state index >= 15 is 0 Å². The smallest absolute Gasteiger partial charge is 0.259 e. The SMILES string of the molecule is CN(C)CCN(C(=O)c1cccnc1)c1ccc(N=C(c2ccc3c(c2)OCO3)c2c(O)[nH]c3cc(Cl)ccc23)cc1. The molecular weight excluding hydrogens is 554 g/mol. The molecule has 0 radical (unpaired) electrons. The topological polar surface area (TPSA) is 103 Å². The highest BCUT2D eigenvalue weighted by Crippen LogP contribution is 2.37. The van der Waals surface area contributed by atoms with Crippen molar-refractivity contribution in [3.63, 3.8) is 0 Å². The maximum atomic E-state index is 13.4. The van der Waals surface area contributed by atoms with E-state index in [2.05, 4.69) is 9.97 Å². The van der Waals surface area contributed by atoms with Gasteiger partial charge in [-0.3, -0.25) is 9.78 Å². The van der Waals surface area contributed by atoms with Crippen molar-refractivity contribution >= 4 is 45.5 Å². The molecule has 1 aliphatic heterocycles. The Bertz CT molecular complexity index is 1780. The number of ether oxygens (including phenoxy) is 2. The number of halogens is 1. The summed E-state index contributed by atoms with van der Waals surface area (Å²) in [4.78, 5) is 29.3. The predicted octanol–water partition coefficient (Wildman–Crippen LogP) is 6.03. The van der Waals surface area contributed by atoms with Crippen molar-refractivity contribution in [1.29, 1.82) is 0 Å². The molecule has 0 unspecified atom stereocenters. The molecule has 0 fully saturated rings. The van der Waals surface area contributed by atoms with Crippen molar-refractivity contribution in [2.24, 2.45) is 4.99 Å². The predicted molar refractivity (Wildman–Crippen MR) is 164 cm³/mol. The maximum Gasteiger partial charge on any atom is 0.259 e. The van der Waals surface area contributed by atoms with Crippen LogP contribution in [0.1, 0.15) is 21.5 Å². The number of hydrogen-bond acceptors (Lipinski definition) is 7. The number of aromatic amines is 1. The Hall–Kier alpha value is -4.86. The van der Waals surface area contributed by atoms with Crippen LogP contribution in [0.2, 0.25) is 5.02 Å². The summed E-state index contributed by atoms with van der Waals surface area (Å²) in [7, 11) is 3.94. The molecule has 5 aromatic rings. The Balaban J connectivity index is 1.42. The van der Waals surface area contributed by atoms with Gasteiger partial charge in [0.2, 0.25) is 6.79 Å². The lowest BCUT2D eigenvalue weighted by Gasteiger charge is -2.24. The Morgan fingerprint density at radius 2 is 1.81 bits per heavy atom. The van der Waals surface area contributed by atoms with Gasteiger partial charge in [-0.2, -0.15) is 0 Å². The summed E-state index contributed by atoms with van der Waals surface area (Å²) in [6.07, 6.45) is 3.22. The van der Waals surface area contributed by atoms with Crippen molar-refractivity contribution in [2.75, 3.05) is 38.9 Å². The number of rotatable bonds is 8. The molecule has 0 saturated heterocycles. The number of aromatic nitrogens is 2. The van der Waals surface area contributed by atoms with Crippen LogP contribution in [0.5, 0.6) is 17.4 Å². The van der Waals surface area contributed by atoms with Gasteiger partial charge in [-0.15, -0.1) is 0 Å². The van der Waals surface area contributed by atoms with Crippen LogP contribution in [-0.2, 0) is 0 Å². The van der Waals surface area contributed by atoms with Gasteiger partial charge >= 0.3 is 0 Å². The number of benzene rings is 3. The molecule has 0 bridgehead atoms. The van der Waals surface area contributed by atoms with Gasteiger partial charge in [-0.1, -0.05) is 17.7 Å². The molecule has 1 aliphatic rings. The zero-order valence-corrected chi connectivity index (χ0v) is 23.8. The highest BCUT2D eigenvalue weighted by atomic mass is 35.5. The molecule has 9 nitrogen and oxygen atoms in total. The summed E-state index contributed by atoms with van der Waals surface area (Å²) >= 11 is 6.22. The van der Waals surface area contributed by atoms with Gasteiger partial charge < -0.3 is 29.4 Å². The van der Waals surface area contributed by atoms with Gasteiger partial charge in [0.15, 0.2) is 17.4 Å². The van der Waals surface area contributed by atoms with Crippen molar-refractivity contribution in [3.05, 3.63) is 107 Å². The van der Waals surface area contributed by atoms with Crippen molar-refractivity contribution < 1.29 is 19.4 Å². The molecule has 0 atom stereocenters. The Morgan fingerprint density at radius 3 is 2.57 bits per heavy atom. The summed E-state index contributed by atoms with van der Waals surface area (Å²) in [5.74, 6) is 1.08. The number of anilines is 1. The zero-order valence-electron chi connectivity index (χ0n) is 23.0. The van der Waals surface area contributed by atoms with Gasteiger partial charge in [-0.25, -0.2) is 4.99 Å². The molecule has 1 amide bonds. The summed E-state index contributed by atoms with van der Waals surface area (Å²) < 4.78 is 11.1. The number of amides is 1. The lowest BCUT2D eigenvalue weighted by atomic mass is 10.00. The second-order valence-corrected chi connectivity index (χ2v) is 10.5. The number of carbonyl (C=O) groups excluding carboxylic acids is 1. The van der Waals surface area contributed by atoms with E-state index in [1.54, 1.807) is 41.6 Å². The van der Waals surface area contributed by atoms with Crippen LogP contribution in [0.3, 0.4) is 0 Å². The third-order valence-corrected chi connectivity index (χ3v) is 7.19. The first-order valence-electron chi connectivity index (χ1n) is 13.3. The highest BCUT2D eigenvalue weighted by molar-refractivity contribution is 6.31. The highest BCUT2D eigenvalue weighted by Gasteiger charge is 2.23. The van der Waals surface area contributed by atoms with E-state index in [9.17, 15) is 9.90 Å². The molecule has 2 aromatic heterocycles. The molecule has 3 aromatic carbocycles. The fraction of sp³-hybridized carbons (Fsp3) is 0.156. The summed E-state index contributed by atoms with van der Waals surface area (Å²) in [5.41, 5.74) is 4.36. The number of carbonyl (C=O) groups is 1. The maximum absolute atomic E-state index is 13.4. The first kappa shape index (κ1) is 27.3. The molecule has 42 heavy (non-hydrogen) atoms. The standard InChI is InChI=1S/C32H28ClN5O4/c1-37(2)14-15-38(32(40)21-4-3-13-34-18-21)24-9-7-23(8-10-24)35-30(20-5-12-27-28(16-20)42-19-41-27)29-25-11-6-22(33)17-26(25)36-31(29)39/h3-13,16-18,36,39H,14-15,19H2,1-2H3. The van der Waals surface area contributed by atoms with Gasteiger partial charge in [-0.05, 0) is 80.8 Å². The molecular formula is C32H28ClN5O4. The minimum atomic E-state index is -0.135. The quantitative estimate of drug-likeness (QED) is 0.217. The van der Waals surface area contributed by atoms with Crippen LogP contribution in [0, 0.1) is 0 Å². The van der Waals surface area contributed by atoms with Crippen LogP contribution in [0.25, 0.3) is 10.9 Å². The normalized spacial score (nSPS) is 12.7. The summed E-state index contributed by atoms with van der Waals surface area (Å²) in [6.45, 7) is 1.33. The van der Waals surface area contributed by atoms with Gasteiger partial charge in [0.1, 0.15) is 0 Å². The second kappa shape index (κ2) is 11.6. The minimum absolute atomic E-state index is 0.0303. The number of H-pyrrole nitrogens is 1. The molecule has 212 valence electrons. The van der Waals surface area contributed by atoms with E-state index in [0.29, 0.717) is 57.7 Å². The van der Waals surface area contributed by atoms with E-state index in [1.807, 2.05) is 67.5 Å². The Labute approximate surface area is 247 Å². The number of hydrogen-bond donors (Lipinski definition) is 2. The third-order valence-electron chi connectivity index (χ3n) is 6.95. The number of nitrogens with one attached hydrogen (secondary N) is 1. The molecule has 10 heteroatoms. The van der Waals surface area contributed by atoms with E-state index in [1.165, 1.54) is 0 Å². The molecule has 0 saturated carbocycles. The lowest BCUT2D eigenvalue weighted by Crippen LogP contribution is -2.36. The van der Waals surface area contributed by atoms with Crippen LogP contribution in [0.15, 0.2) is 90.2 Å². The number of fused-ring (bicyclic) bond motifs is 2. The van der Waals surface area contributed by atoms with Gasteiger partial charge in [0.25, 0.3) is 5.91 Å². The monoisotopic (exact) mass is 581 g/mol. The van der Waals surface area contributed by atoms with E-state index in [-0.39, 0.29) is 18.6 Å². The van der Waals surface area contributed by atoms with Gasteiger partial charge in [0, 0.05) is 47.1 Å². The molecule has 2 N–H and O–H groups in total. The van der Waals surface area contributed by atoms with Crippen LogP contribution in [0.4, 0.5) is 11.4 Å². The number of aromatic hydroxyl groups is 1. The van der Waals surface area contributed by atoms with Crippen molar-refractivity contribution in [1.82, 2.24) is 14.9 Å². The van der Waals surface area contributed by atoms with Crippen LogP contribution in [-0.4, -0.2) is 65.6 Å². The molecule has 0 spiro atoms. The van der Waals surface area contributed by atoms with Crippen molar-refractivity contribution in [3.8, 4) is 17.4 Å². The van der Waals surface area contributed by atoms with E-state index in [4.69, 9.17) is 26.1 Å². The van der Waals surface area contributed by atoms with E-state index in [0.717, 1.165) is 16.6 Å². The first-order valence-corrected chi connectivity index (χ1v) is 13.7. The largest absolute Gasteiger partial charge is 0.494 e. The zero-order chi connectivity index (χ0) is 29.2. The Morgan fingerprint density at radius 1 is 1.00 bits per heavy atom. The molecule has 3 heterocycles. The number of nitrogens with zero attached hydrogens (tertiary/aromatic N) is 4. The summed E-state index contributed by atoms with van der Waals surface area (Å²) in [5, 5.41) is 12.3.